The molecule has 25 heavy (non-hydrogen) atoms. The molecule has 126 valence electrons. The lowest BCUT2D eigenvalue weighted by atomic mass is 10.1. The smallest absolute Gasteiger partial charge is 0.343 e. The fourth-order valence-corrected chi connectivity index (χ4v) is 2.30. The third-order valence-electron chi connectivity index (χ3n) is 3.37. The number of hydrogen-bond donors (Lipinski definition) is 3. The SMILES string of the molecule is Nc1cccc(Oc2cccc(Oc3cccc(N)c3)c2C(=O)O)c1. The molecule has 0 bridgehead atoms. The Morgan fingerprint density at radius 2 is 1.20 bits per heavy atom. The Bertz CT molecular complexity index is 859. The number of ether oxygens (including phenoxy) is 2. The highest BCUT2D eigenvalue weighted by molar-refractivity contribution is 5.94. The summed E-state index contributed by atoms with van der Waals surface area (Å²) in [5.41, 5.74) is 12.4. The molecule has 0 unspecified atom stereocenters. The molecule has 6 nitrogen and oxygen atoms in total. The summed E-state index contributed by atoms with van der Waals surface area (Å²) in [6, 6.07) is 18.2. The number of nitrogens with two attached hydrogens (primary N) is 2. The maximum Gasteiger partial charge on any atom is 0.343 e. The van der Waals surface area contributed by atoms with Crippen LogP contribution >= 0.6 is 0 Å². The van der Waals surface area contributed by atoms with Gasteiger partial charge in [0.15, 0.2) is 0 Å². The van der Waals surface area contributed by atoms with E-state index in [9.17, 15) is 9.90 Å². The van der Waals surface area contributed by atoms with Crippen molar-refractivity contribution >= 4 is 17.3 Å². The van der Waals surface area contributed by atoms with Gasteiger partial charge in [0.1, 0.15) is 28.6 Å². The van der Waals surface area contributed by atoms with Gasteiger partial charge in [0.25, 0.3) is 0 Å². The Morgan fingerprint density at radius 1 is 0.760 bits per heavy atom. The van der Waals surface area contributed by atoms with Crippen LogP contribution in [0.3, 0.4) is 0 Å². The van der Waals surface area contributed by atoms with E-state index in [1.54, 1.807) is 66.7 Å². The second kappa shape index (κ2) is 6.84. The van der Waals surface area contributed by atoms with Gasteiger partial charge in [-0.3, -0.25) is 0 Å². The van der Waals surface area contributed by atoms with E-state index in [0.717, 1.165) is 0 Å². The molecule has 0 aliphatic heterocycles. The predicted molar refractivity (Wildman–Crippen MR) is 95.3 cm³/mol. The second-order valence-corrected chi connectivity index (χ2v) is 5.28. The highest BCUT2D eigenvalue weighted by atomic mass is 16.5. The van der Waals surface area contributed by atoms with Gasteiger partial charge in [-0.05, 0) is 36.4 Å². The molecule has 0 radical (unpaired) electrons. The first-order valence-corrected chi connectivity index (χ1v) is 7.46. The molecule has 0 spiro atoms. The summed E-state index contributed by atoms with van der Waals surface area (Å²) in [5, 5.41) is 9.60. The lowest BCUT2D eigenvalue weighted by Crippen LogP contribution is -2.03. The zero-order chi connectivity index (χ0) is 17.8. The third-order valence-corrected chi connectivity index (χ3v) is 3.37. The normalized spacial score (nSPS) is 10.2. The molecule has 0 amide bonds. The summed E-state index contributed by atoms with van der Waals surface area (Å²) in [5.74, 6) is 0.00428. The molecular formula is C19H16N2O4. The van der Waals surface area contributed by atoms with E-state index in [1.165, 1.54) is 0 Å². The Balaban J connectivity index is 1.98. The van der Waals surface area contributed by atoms with Crippen molar-refractivity contribution in [1.29, 1.82) is 0 Å². The average Bonchev–Trinajstić information content (AvgIpc) is 2.55. The summed E-state index contributed by atoms with van der Waals surface area (Å²) < 4.78 is 11.4. The van der Waals surface area contributed by atoms with Crippen LogP contribution in [0.4, 0.5) is 11.4 Å². The lowest BCUT2D eigenvalue weighted by Gasteiger charge is -2.14. The van der Waals surface area contributed by atoms with E-state index < -0.39 is 5.97 Å². The van der Waals surface area contributed by atoms with Crippen LogP contribution in [0.5, 0.6) is 23.0 Å². The van der Waals surface area contributed by atoms with Crippen LogP contribution in [0.1, 0.15) is 10.4 Å². The van der Waals surface area contributed by atoms with Gasteiger partial charge in [-0.15, -0.1) is 0 Å². The van der Waals surface area contributed by atoms with E-state index in [2.05, 4.69) is 0 Å². The number of benzene rings is 3. The van der Waals surface area contributed by atoms with Gasteiger partial charge in [-0.2, -0.15) is 0 Å². The van der Waals surface area contributed by atoms with Crippen molar-refractivity contribution in [2.24, 2.45) is 0 Å². The van der Waals surface area contributed by atoms with E-state index in [0.29, 0.717) is 22.9 Å². The number of aromatic carboxylic acids is 1. The molecule has 0 fully saturated rings. The quantitative estimate of drug-likeness (QED) is 0.605. The summed E-state index contributed by atoms with van der Waals surface area (Å²) >= 11 is 0. The first kappa shape index (κ1) is 16.2. The molecule has 0 aromatic heterocycles. The van der Waals surface area contributed by atoms with Gasteiger partial charge in [-0.1, -0.05) is 18.2 Å². The van der Waals surface area contributed by atoms with Gasteiger partial charge in [0, 0.05) is 23.5 Å². The maximum atomic E-state index is 11.7. The van der Waals surface area contributed by atoms with Crippen LogP contribution < -0.4 is 20.9 Å². The van der Waals surface area contributed by atoms with Crippen molar-refractivity contribution in [3.05, 3.63) is 72.3 Å². The minimum Gasteiger partial charge on any atom is -0.477 e. The third kappa shape index (κ3) is 3.81. The molecule has 0 atom stereocenters. The Hall–Kier alpha value is -3.67. The summed E-state index contributed by atoms with van der Waals surface area (Å²) in [7, 11) is 0. The molecule has 0 saturated heterocycles. The van der Waals surface area contributed by atoms with Gasteiger partial charge >= 0.3 is 5.97 Å². The predicted octanol–water partition coefficient (Wildman–Crippen LogP) is 4.13. The van der Waals surface area contributed by atoms with Gasteiger partial charge < -0.3 is 26.0 Å². The summed E-state index contributed by atoms with van der Waals surface area (Å²) in [6.45, 7) is 0. The van der Waals surface area contributed by atoms with Crippen LogP contribution in [0.2, 0.25) is 0 Å². The molecule has 0 saturated carbocycles. The number of anilines is 2. The Kier molecular flexibility index (Phi) is 4.43. The minimum atomic E-state index is -1.17. The molecule has 0 aliphatic rings. The number of carboxylic acid groups (broad SMARTS) is 1. The van der Waals surface area contributed by atoms with Crippen molar-refractivity contribution in [2.75, 3.05) is 11.5 Å². The van der Waals surface area contributed by atoms with Crippen LogP contribution in [-0.4, -0.2) is 11.1 Å². The standard InChI is InChI=1S/C19H16N2O4/c20-12-4-1-6-14(10-12)24-16-8-3-9-17(18(16)19(22)23)25-15-7-2-5-13(21)11-15/h1-11H,20-21H2,(H,22,23). The van der Waals surface area contributed by atoms with Crippen molar-refractivity contribution in [2.45, 2.75) is 0 Å². The van der Waals surface area contributed by atoms with E-state index >= 15 is 0 Å². The summed E-state index contributed by atoms with van der Waals surface area (Å²) in [4.78, 5) is 11.7. The monoisotopic (exact) mass is 336 g/mol. The molecule has 3 aromatic rings. The molecule has 5 N–H and O–H groups in total. The zero-order valence-corrected chi connectivity index (χ0v) is 13.2. The molecule has 0 aliphatic carbocycles. The van der Waals surface area contributed by atoms with Gasteiger partial charge in [-0.25, -0.2) is 4.79 Å². The van der Waals surface area contributed by atoms with E-state index in [1.807, 2.05) is 0 Å². The largest absolute Gasteiger partial charge is 0.477 e. The van der Waals surface area contributed by atoms with Crippen LogP contribution in [0.25, 0.3) is 0 Å². The van der Waals surface area contributed by atoms with E-state index in [4.69, 9.17) is 20.9 Å². The lowest BCUT2D eigenvalue weighted by molar-refractivity contribution is 0.0691. The molecular weight excluding hydrogens is 320 g/mol. The molecule has 0 heterocycles. The number of carbonyl (C=O) groups is 1. The number of carboxylic acids is 1. The first-order valence-electron chi connectivity index (χ1n) is 7.46. The molecule has 3 aromatic carbocycles. The van der Waals surface area contributed by atoms with Gasteiger partial charge in [0.05, 0.1) is 0 Å². The average molecular weight is 336 g/mol. The number of rotatable bonds is 5. The summed E-state index contributed by atoms with van der Waals surface area (Å²) in [6.07, 6.45) is 0. The highest BCUT2D eigenvalue weighted by Crippen LogP contribution is 2.35. The second-order valence-electron chi connectivity index (χ2n) is 5.28. The number of nitrogen functional groups attached to an aromatic ring is 2. The van der Waals surface area contributed by atoms with Crippen molar-refractivity contribution in [1.82, 2.24) is 0 Å². The fraction of sp³-hybridized carbons (Fsp3) is 0. The van der Waals surface area contributed by atoms with Crippen LogP contribution in [0, 0.1) is 0 Å². The maximum absolute atomic E-state index is 11.7. The highest BCUT2D eigenvalue weighted by Gasteiger charge is 2.19. The Morgan fingerprint density at radius 3 is 1.60 bits per heavy atom. The van der Waals surface area contributed by atoms with Crippen molar-refractivity contribution < 1.29 is 19.4 Å². The molecule has 6 heteroatoms. The molecule has 3 rings (SSSR count). The minimum absolute atomic E-state index is 0.0904. The Labute approximate surface area is 144 Å². The van der Waals surface area contributed by atoms with Gasteiger partial charge in [0.2, 0.25) is 0 Å². The number of hydrogen-bond acceptors (Lipinski definition) is 5. The fourth-order valence-electron chi connectivity index (χ4n) is 2.30. The van der Waals surface area contributed by atoms with Crippen molar-refractivity contribution in [3.63, 3.8) is 0 Å². The van der Waals surface area contributed by atoms with Crippen LogP contribution in [-0.2, 0) is 0 Å². The topological polar surface area (TPSA) is 108 Å². The van der Waals surface area contributed by atoms with Crippen LogP contribution in [0.15, 0.2) is 66.7 Å². The van der Waals surface area contributed by atoms with E-state index in [-0.39, 0.29) is 17.1 Å². The first-order chi connectivity index (χ1) is 12.0. The zero-order valence-electron chi connectivity index (χ0n) is 13.2. The van der Waals surface area contributed by atoms with Crippen molar-refractivity contribution in [3.8, 4) is 23.0 Å².